The average Bonchev–Trinajstić information content (AvgIpc) is 2.51. The average molecular weight is 326 g/mol. The molecule has 0 aliphatic carbocycles. The first-order valence-electron chi connectivity index (χ1n) is 7.17. The zero-order valence-electron chi connectivity index (χ0n) is 14.3. The van der Waals surface area contributed by atoms with E-state index >= 15 is 0 Å². The second-order valence-corrected chi connectivity index (χ2v) is 5.20. The number of carbonyl (C=O) groups excluding carboxylic acids is 4. The summed E-state index contributed by atoms with van der Waals surface area (Å²) in [5, 5.41) is 2.69. The summed E-state index contributed by atoms with van der Waals surface area (Å²) in [6.45, 7) is 5.76. The van der Waals surface area contributed by atoms with Gasteiger partial charge in [0.25, 0.3) is 5.91 Å². The van der Waals surface area contributed by atoms with E-state index in [1.807, 2.05) is 0 Å². The van der Waals surface area contributed by atoms with Crippen molar-refractivity contribution in [2.75, 3.05) is 14.1 Å². The Labute approximate surface area is 137 Å². The third kappa shape index (κ3) is 6.39. The van der Waals surface area contributed by atoms with E-state index in [9.17, 15) is 19.2 Å². The largest absolute Gasteiger partial charge is 0.454 e. The van der Waals surface area contributed by atoms with Gasteiger partial charge in [0.2, 0.25) is 0 Å². The highest BCUT2D eigenvalue weighted by molar-refractivity contribution is 6.58. The molecule has 1 amide bonds. The van der Waals surface area contributed by atoms with E-state index in [2.05, 4.69) is 5.32 Å². The molecule has 0 aromatic rings. The van der Waals surface area contributed by atoms with Gasteiger partial charge < -0.3 is 24.5 Å². The molecule has 0 saturated heterocycles. The van der Waals surface area contributed by atoms with Gasteiger partial charge in [0.15, 0.2) is 14.0 Å². The van der Waals surface area contributed by atoms with Gasteiger partial charge in [-0.2, -0.15) is 0 Å². The van der Waals surface area contributed by atoms with E-state index in [4.69, 9.17) is 17.3 Å². The molecule has 0 fully saturated rings. The Bertz CT molecular complexity index is 470. The van der Waals surface area contributed by atoms with Gasteiger partial charge in [-0.05, 0) is 34.7 Å². The number of rotatable bonds is 8. The van der Waals surface area contributed by atoms with E-state index in [0.29, 0.717) is 0 Å². The molecule has 0 saturated carbocycles. The standard InChI is InChI=1S/C14H23BN2O6/c1-7(16-5)13(20)23-10(4)12(19)17(6)8(2)14(21)22-9(3)11(15)18/h7-10,16H,1-6H3. The number of ether oxygens (including phenoxy) is 2. The SMILES string of the molecule is [B]C(=O)C(C)OC(=O)C(C)N(C)C(=O)C(C)OC(=O)C(C)NC. The number of hydrogen-bond donors (Lipinski definition) is 1. The molecule has 23 heavy (non-hydrogen) atoms. The van der Waals surface area contributed by atoms with E-state index in [-0.39, 0.29) is 0 Å². The Morgan fingerprint density at radius 2 is 1.43 bits per heavy atom. The topological polar surface area (TPSA) is 102 Å². The van der Waals surface area contributed by atoms with E-state index in [1.54, 1.807) is 14.0 Å². The Kier molecular flexibility index (Phi) is 8.52. The molecule has 0 bridgehead atoms. The van der Waals surface area contributed by atoms with Crippen molar-refractivity contribution in [3.8, 4) is 0 Å². The summed E-state index contributed by atoms with van der Waals surface area (Å²) in [6.07, 6.45) is -2.16. The van der Waals surface area contributed by atoms with Gasteiger partial charge >= 0.3 is 11.9 Å². The molecular weight excluding hydrogens is 303 g/mol. The van der Waals surface area contributed by atoms with Gasteiger partial charge in [0.1, 0.15) is 23.9 Å². The van der Waals surface area contributed by atoms with Crippen LogP contribution in [0.5, 0.6) is 0 Å². The van der Waals surface area contributed by atoms with Gasteiger partial charge in [0.05, 0.1) is 0 Å². The Morgan fingerprint density at radius 1 is 0.957 bits per heavy atom. The second kappa shape index (κ2) is 9.29. The molecule has 4 atom stereocenters. The van der Waals surface area contributed by atoms with Crippen molar-refractivity contribution < 1.29 is 28.7 Å². The maximum atomic E-state index is 12.2. The molecule has 8 nitrogen and oxygen atoms in total. The van der Waals surface area contributed by atoms with Crippen molar-refractivity contribution in [1.82, 2.24) is 10.2 Å². The van der Waals surface area contributed by atoms with Crippen LogP contribution >= 0.6 is 0 Å². The molecule has 0 aromatic heterocycles. The summed E-state index contributed by atoms with van der Waals surface area (Å²) in [7, 11) is 7.96. The van der Waals surface area contributed by atoms with E-state index < -0.39 is 47.8 Å². The molecule has 1 N–H and O–H groups in total. The van der Waals surface area contributed by atoms with Crippen LogP contribution in [0.15, 0.2) is 0 Å². The van der Waals surface area contributed by atoms with Crippen molar-refractivity contribution in [3.63, 3.8) is 0 Å². The first-order valence-corrected chi connectivity index (χ1v) is 7.17. The molecule has 0 rings (SSSR count). The lowest BCUT2D eigenvalue weighted by molar-refractivity contribution is -0.165. The lowest BCUT2D eigenvalue weighted by atomic mass is 9.98. The van der Waals surface area contributed by atoms with Crippen molar-refractivity contribution in [1.29, 1.82) is 0 Å². The third-order valence-corrected chi connectivity index (χ3v) is 3.39. The zero-order valence-corrected chi connectivity index (χ0v) is 14.3. The van der Waals surface area contributed by atoms with Gasteiger partial charge in [-0.1, -0.05) is 0 Å². The molecule has 2 radical (unpaired) electrons. The molecule has 0 aliphatic rings. The van der Waals surface area contributed by atoms with Crippen molar-refractivity contribution in [3.05, 3.63) is 0 Å². The Balaban J connectivity index is 4.71. The molecule has 0 spiro atoms. The first kappa shape index (κ1) is 21.1. The van der Waals surface area contributed by atoms with E-state index in [0.717, 1.165) is 4.90 Å². The Hall–Kier alpha value is -1.90. The van der Waals surface area contributed by atoms with Crippen molar-refractivity contribution in [2.45, 2.75) is 52.0 Å². The first-order chi connectivity index (χ1) is 10.5. The number of carbonyl (C=O) groups is 4. The van der Waals surface area contributed by atoms with Crippen LogP contribution in [-0.2, 0) is 28.7 Å². The van der Waals surface area contributed by atoms with Crippen molar-refractivity contribution in [2.24, 2.45) is 0 Å². The minimum Gasteiger partial charge on any atom is -0.454 e. The summed E-state index contributed by atoms with van der Waals surface area (Å²) >= 11 is 0. The number of nitrogens with zero attached hydrogens (tertiary/aromatic N) is 1. The fourth-order valence-corrected chi connectivity index (χ4v) is 1.41. The number of amides is 1. The number of likely N-dealkylation sites (N-methyl/N-ethyl adjacent to an activating group) is 2. The lowest BCUT2D eigenvalue weighted by Gasteiger charge is -2.27. The highest BCUT2D eigenvalue weighted by atomic mass is 16.6. The predicted octanol–water partition coefficient (Wildman–Crippen LogP) is -1.00. The number of esters is 2. The molecule has 0 aliphatic heterocycles. The van der Waals surface area contributed by atoms with Gasteiger partial charge in [0, 0.05) is 7.05 Å². The fourth-order valence-electron chi connectivity index (χ4n) is 1.41. The summed E-state index contributed by atoms with van der Waals surface area (Å²) < 4.78 is 9.85. The van der Waals surface area contributed by atoms with Crippen LogP contribution in [-0.4, -0.2) is 74.7 Å². The molecular formula is C14H23BN2O6. The van der Waals surface area contributed by atoms with Crippen LogP contribution in [0.4, 0.5) is 0 Å². The van der Waals surface area contributed by atoms with Crippen LogP contribution in [0.3, 0.4) is 0 Å². The van der Waals surface area contributed by atoms with Gasteiger partial charge in [-0.3, -0.25) is 9.59 Å². The predicted molar refractivity (Wildman–Crippen MR) is 82.6 cm³/mol. The molecule has 128 valence electrons. The summed E-state index contributed by atoms with van der Waals surface area (Å²) in [4.78, 5) is 47.6. The molecule has 4 unspecified atom stereocenters. The summed E-state index contributed by atoms with van der Waals surface area (Å²) in [6, 6.07) is -1.53. The quantitative estimate of drug-likeness (QED) is 0.451. The zero-order chi connectivity index (χ0) is 18.3. The highest BCUT2D eigenvalue weighted by Crippen LogP contribution is 2.07. The van der Waals surface area contributed by atoms with Crippen LogP contribution in [0.1, 0.15) is 27.7 Å². The maximum Gasteiger partial charge on any atom is 0.329 e. The van der Waals surface area contributed by atoms with Crippen molar-refractivity contribution >= 4 is 31.4 Å². The number of nitrogens with one attached hydrogen (secondary N) is 1. The lowest BCUT2D eigenvalue weighted by Crippen LogP contribution is -2.48. The summed E-state index contributed by atoms with van der Waals surface area (Å²) in [5.41, 5.74) is -0.789. The smallest absolute Gasteiger partial charge is 0.329 e. The normalized spacial score (nSPS) is 15.7. The van der Waals surface area contributed by atoms with Crippen LogP contribution < -0.4 is 5.32 Å². The Morgan fingerprint density at radius 3 is 1.87 bits per heavy atom. The minimum atomic E-state index is -1.10. The van der Waals surface area contributed by atoms with E-state index in [1.165, 1.54) is 27.8 Å². The molecule has 0 heterocycles. The monoisotopic (exact) mass is 326 g/mol. The highest BCUT2D eigenvalue weighted by Gasteiger charge is 2.30. The minimum absolute atomic E-state index is 0.561. The van der Waals surface area contributed by atoms with Crippen LogP contribution in [0.25, 0.3) is 0 Å². The van der Waals surface area contributed by atoms with Gasteiger partial charge in [-0.25, -0.2) is 4.79 Å². The van der Waals surface area contributed by atoms with Crippen LogP contribution in [0, 0.1) is 0 Å². The van der Waals surface area contributed by atoms with Crippen LogP contribution in [0.2, 0.25) is 0 Å². The fraction of sp³-hybridized carbons (Fsp3) is 0.714. The molecule has 9 heteroatoms. The summed E-state index contributed by atoms with van der Waals surface area (Å²) in [5.74, 6) is -1.94. The third-order valence-electron chi connectivity index (χ3n) is 3.39. The number of hydrogen-bond acceptors (Lipinski definition) is 7. The second-order valence-electron chi connectivity index (χ2n) is 5.20. The maximum absolute atomic E-state index is 12.2. The van der Waals surface area contributed by atoms with Gasteiger partial charge in [-0.15, -0.1) is 0 Å². The molecule has 0 aromatic carbocycles.